The van der Waals surface area contributed by atoms with Crippen LogP contribution in [0.3, 0.4) is 0 Å². The summed E-state index contributed by atoms with van der Waals surface area (Å²) < 4.78 is 27.0. The summed E-state index contributed by atoms with van der Waals surface area (Å²) in [6, 6.07) is 12.3. The zero-order valence-corrected chi connectivity index (χ0v) is 17.8. The van der Waals surface area contributed by atoms with Crippen molar-refractivity contribution < 1.29 is 18.6 Å². The predicted molar refractivity (Wildman–Crippen MR) is 119 cm³/mol. The van der Waals surface area contributed by atoms with Crippen LogP contribution in [0.2, 0.25) is 0 Å². The van der Waals surface area contributed by atoms with Crippen LogP contribution in [-0.2, 0) is 10.0 Å². The SMILES string of the molecule is [CH2]c1ccc(S(=O)(=O)NCCCCNC[C@H](O)c2ccc(O)c3[nH]c(=O)ccc23)cc1. The van der Waals surface area contributed by atoms with E-state index in [-0.39, 0.29) is 22.7 Å². The number of rotatable bonds is 10. The number of phenolic OH excluding ortho intramolecular Hbond substituents is 1. The van der Waals surface area contributed by atoms with Gasteiger partial charge in [0.15, 0.2) is 0 Å². The molecule has 1 atom stereocenters. The molecule has 0 fully saturated rings. The van der Waals surface area contributed by atoms with Gasteiger partial charge in [-0.2, -0.15) is 0 Å². The van der Waals surface area contributed by atoms with Gasteiger partial charge in [0, 0.05) is 24.5 Å². The fourth-order valence-electron chi connectivity index (χ4n) is 3.23. The first-order chi connectivity index (χ1) is 14.8. The quantitative estimate of drug-likeness (QED) is 0.303. The first-order valence-corrected chi connectivity index (χ1v) is 11.4. The smallest absolute Gasteiger partial charge is 0.248 e. The molecule has 1 heterocycles. The lowest BCUT2D eigenvalue weighted by molar-refractivity contribution is 0.176. The topological polar surface area (TPSA) is 132 Å². The minimum atomic E-state index is -3.53. The molecule has 0 amide bonds. The van der Waals surface area contributed by atoms with Crippen molar-refractivity contribution in [3.05, 3.63) is 76.9 Å². The third-order valence-corrected chi connectivity index (χ3v) is 6.39. The Labute approximate surface area is 181 Å². The summed E-state index contributed by atoms with van der Waals surface area (Å²) in [5.74, 6) is -0.0543. The second-order valence-electron chi connectivity index (χ2n) is 7.25. The Bertz CT molecular complexity index is 1190. The molecule has 9 heteroatoms. The van der Waals surface area contributed by atoms with Crippen molar-refractivity contribution in [3.8, 4) is 5.75 Å². The maximum atomic E-state index is 12.2. The van der Waals surface area contributed by atoms with Crippen molar-refractivity contribution in [3.63, 3.8) is 0 Å². The number of fused-ring (bicyclic) bond motifs is 1. The summed E-state index contributed by atoms with van der Waals surface area (Å²) in [5.41, 5.74) is 1.31. The highest BCUT2D eigenvalue weighted by atomic mass is 32.2. The van der Waals surface area contributed by atoms with Gasteiger partial charge in [-0.1, -0.05) is 18.2 Å². The summed E-state index contributed by atoms with van der Waals surface area (Å²) >= 11 is 0. The van der Waals surface area contributed by atoms with Crippen molar-refractivity contribution in [1.29, 1.82) is 0 Å². The van der Waals surface area contributed by atoms with Crippen LogP contribution in [0.4, 0.5) is 0 Å². The standard InChI is InChI=1S/C22H26N3O5S/c1-15-4-6-16(7-5-15)31(29,30)24-13-3-2-12-23-14-20(27)17-8-10-19(26)22-18(17)9-11-21(28)25-22/h4-11,20,23-24,26-27H,1-3,12-14H2,(H,25,28)/t20-/m0/s1. The first kappa shape index (κ1) is 23.0. The van der Waals surface area contributed by atoms with Gasteiger partial charge in [0.2, 0.25) is 15.6 Å². The molecule has 5 N–H and O–H groups in total. The van der Waals surface area contributed by atoms with Crippen LogP contribution in [0.1, 0.15) is 30.1 Å². The molecular formula is C22H26N3O5S. The molecule has 0 aliphatic carbocycles. The van der Waals surface area contributed by atoms with E-state index in [4.69, 9.17) is 0 Å². The minimum Gasteiger partial charge on any atom is -0.506 e. The summed E-state index contributed by atoms with van der Waals surface area (Å²) in [6.45, 7) is 4.93. The summed E-state index contributed by atoms with van der Waals surface area (Å²) in [5, 5.41) is 24.1. The highest BCUT2D eigenvalue weighted by Gasteiger charge is 2.14. The molecule has 31 heavy (non-hydrogen) atoms. The molecule has 1 radical (unpaired) electrons. The fraction of sp³-hybridized carbons (Fsp3) is 0.273. The van der Waals surface area contributed by atoms with E-state index in [0.29, 0.717) is 36.0 Å². The van der Waals surface area contributed by atoms with Gasteiger partial charge in [0.05, 0.1) is 16.5 Å². The number of benzene rings is 2. The number of H-pyrrole nitrogens is 1. The Morgan fingerprint density at radius 1 is 1.00 bits per heavy atom. The molecule has 0 saturated carbocycles. The molecule has 165 valence electrons. The third kappa shape index (κ3) is 5.92. The maximum absolute atomic E-state index is 12.2. The van der Waals surface area contributed by atoms with E-state index in [2.05, 4.69) is 21.9 Å². The molecule has 1 aromatic heterocycles. The predicted octanol–water partition coefficient (Wildman–Crippen LogP) is 1.80. The Hall–Kier alpha value is -2.72. The minimum absolute atomic E-state index is 0.0543. The Kier molecular flexibility index (Phi) is 7.45. The molecule has 0 unspecified atom stereocenters. The van der Waals surface area contributed by atoms with Crippen molar-refractivity contribution in [2.24, 2.45) is 0 Å². The maximum Gasteiger partial charge on any atom is 0.248 e. The van der Waals surface area contributed by atoms with Crippen LogP contribution in [0.15, 0.2) is 58.2 Å². The Balaban J connectivity index is 1.43. The van der Waals surface area contributed by atoms with E-state index >= 15 is 0 Å². The molecule has 2 aromatic carbocycles. The number of pyridine rings is 1. The third-order valence-electron chi connectivity index (χ3n) is 4.91. The van der Waals surface area contributed by atoms with Gasteiger partial charge in [-0.15, -0.1) is 0 Å². The summed E-state index contributed by atoms with van der Waals surface area (Å²) in [7, 11) is -3.53. The molecule has 0 saturated heterocycles. The number of phenols is 1. The number of hydrogen-bond donors (Lipinski definition) is 5. The van der Waals surface area contributed by atoms with Crippen molar-refractivity contribution in [2.75, 3.05) is 19.6 Å². The van der Waals surface area contributed by atoms with Gasteiger partial charge in [0.1, 0.15) is 5.75 Å². The van der Waals surface area contributed by atoms with E-state index in [1.807, 2.05) is 0 Å². The van der Waals surface area contributed by atoms with Crippen LogP contribution in [0.25, 0.3) is 10.9 Å². The average Bonchev–Trinajstić information content (AvgIpc) is 2.74. The number of aromatic amines is 1. The van der Waals surface area contributed by atoms with Crippen LogP contribution in [-0.4, -0.2) is 43.2 Å². The van der Waals surface area contributed by atoms with Crippen molar-refractivity contribution in [2.45, 2.75) is 23.8 Å². The number of aliphatic hydroxyl groups is 1. The number of aromatic hydroxyl groups is 1. The zero-order chi connectivity index (χ0) is 22.4. The van der Waals surface area contributed by atoms with Crippen molar-refractivity contribution >= 4 is 20.9 Å². The Morgan fingerprint density at radius 3 is 2.45 bits per heavy atom. The highest BCUT2D eigenvalue weighted by molar-refractivity contribution is 7.89. The largest absolute Gasteiger partial charge is 0.506 e. The van der Waals surface area contributed by atoms with E-state index in [9.17, 15) is 23.4 Å². The van der Waals surface area contributed by atoms with E-state index in [0.717, 1.165) is 12.0 Å². The van der Waals surface area contributed by atoms with Crippen LogP contribution < -0.4 is 15.6 Å². The molecule has 3 aromatic rings. The molecule has 3 rings (SSSR count). The van der Waals surface area contributed by atoms with Crippen LogP contribution in [0.5, 0.6) is 5.75 Å². The van der Waals surface area contributed by atoms with Gasteiger partial charge in [-0.05, 0) is 61.7 Å². The van der Waals surface area contributed by atoms with E-state index in [1.165, 1.54) is 24.3 Å². The molecule has 8 nitrogen and oxygen atoms in total. The number of aliphatic hydroxyl groups excluding tert-OH is 1. The van der Waals surface area contributed by atoms with E-state index in [1.54, 1.807) is 24.3 Å². The second kappa shape index (κ2) is 10.1. The summed E-state index contributed by atoms with van der Waals surface area (Å²) in [4.78, 5) is 14.3. The van der Waals surface area contributed by atoms with Crippen molar-refractivity contribution in [1.82, 2.24) is 15.0 Å². The van der Waals surface area contributed by atoms with Crippen LogP contribution in [0, 0.1) is 6.92 Å². The molecule has 0 aliphatic rings. The lowest BCUT2D eigenvalue weighted by atomic mass is 10.0. The fourth-order valence-corrected chi connectivity index (χ4v) is 4.31. The molecule has 0 spiro atoms. The molecule has 0 aliphatic heterocycles. The Morgan fingerprint density at radius 2 is 1.71 bits per heavy atom. The first-order valence-electron chi connectivity index (χ1n) is 9.93. The zero-order valence-electron chi connectivity index (χ0n) is 17.0. The van der Waals surface area contributed by atoms with Gasteiger partial charge >= 0.3 is 0 Å². The normalized spacial score (nSPS) is 12.8. The van der Waals surface area contributed by atoms with E-state index < -0.39 is 16.1 Å². The van der Waals surface area contributed by atoms with Gasteiger partial charge in [-0.3, -0.25) is 4.79 Å². The van der Waals surface area contributed by atoms with Gasteiger partial charge in [0.25, 0.3) is 0 Å². The summed E-state index contributed by atoms with van der Waals surface area (Å²) in [6.07, 6.45) is 0.527. The van der Waals surface area contributed by atoms with Gasteiger partial charge < -0.3 is 20.5 Å². The lowest BCUT2D eigenvalue weighted by Gasteiger charge is -2.15. The monoisotopic (exact) mass is 444 g/mol. The molecular weight excluding hydrogens is 418 g/mol. The van der Waals surface area contributed by atoms with Gasteiger partial charge in [-0.25, -0.2) is 13.1 Å². The number of nitrogens with one attached hydrogen (secondary N) is 3. The number of aromatic nitrogens is 1. The highest BCUT2D eigenvalue weighted by Crippen LogP contribution is 2.28. The van der Waals surface area contributed by atoms with Crippen LogP contribution >= 0.6 is 0 Å². The molecule has 0 bridgehead atoms. The average molecular weight is 445 g/mol. The second-order valence-corrected chi connectivity index (χ2v) is 9.02. The number of unbranched alkanes of at least 4 members (excludes halogenated alkanes) is 1. The lowest BCUT2D eigenvalue weighted by Crippen LogP contribution is -2.26. The number of hydrogen-bond acceptors (Lipinski definition) is 6. The number of sulfonamides is 1.